The lowest BCUT2D eigenvalue weighted by molar-refractivity contribution is 0.506. The van der Waals surface area contributed by atoms with Crippen LogP contribution in [0.4, 0.5) is 0 Å². The molecule has 0 aliphatic rings. The van der Waals surface area contributed by atoms with Gasteiger partial charge in [-0.05, 0) is 26.8 Å². The Morgan fingerprint density at radius 1 is 1.14 bits per heavy atom. The molecule has 82 valence electrons. The Morgan fingerprint density at radius 2 is 1.57 bits per heavy atom. The van der Waals surface area contributed by atoms with Crippen molar-refractivity contribution in [1.29, 1.82) is 0 Å². The first-order chi connectivity index (χ1) is 6.43. The minimum Gasteiger partial charge on any atom is -0.363 e. The van der Waals surface area contributed by atoms with Gasteiger partial charge in [-0.1, -0.05) is 26.0 Å². The molecule has 0 aliphatic carbocycles. The highest BCUT2D eigenvalue weighted by Gasteiger charge is 1.95. The number of nitrogens with zero attached hydrogens (tertiary/aromatic N) is 2. The second-order valence-electron chi connectivity index (χ2n) is 3.30. The molecular weight excluding hydrogens is 172 g/mol. The van der Waals surface area contributed by atoms with Crippen molar-refractivity contribution in [2.75, 3.05) is 14.1 Å². The van der Waals surface area contributed by atoms with Crippen molar-refractivity contribution in [3.8, 4) is 0 Å². The van der Waals surface area contributed by atoms with E-state index in [1.807, 2.05) is 59.7 Å². The first-order valence-corrected chi connectivity index (χ1v) is 5.00. The van der Waals surface area contributed by atoms with E-state index in [-0.39, 0.29) is 0 Å². The van der Waals surface area contributed by atoms with Gasteiger partial charge in [-0.15, -0.1) is 0 Å². The van der Waals surface area contributed by atoms with Gasteiger partial charge in [0.2, 0.25) is 0 Å². The molecule has 0 saturated carbocycles. The molecule has 0 bridgehead atoms. The molecule has 0 aromatic heterocycles. The Bertz CT molecular complexity index is 218. The van der Waals surface area contributed by atoms with Crippen LogP contribution in [0.25, 0.3) is 0 Å². The maximum absolute atomic E-state index is 4.36. The summed E-state index contributed by atoms with van der Waals surface area (Å²) in [5, 5.41) is 0. The normalized spacial score (nSPS) is 9.79. The van der Waals surface area contributed by atoms with Crippen molar-refractivity contribution in [1.82, 2.24) is 4.90 Å². The summed E-state index contributed by atoms with van der Waals surface area (Å²) in [6, 6.07) is 0. The third kappa shape index (κ3) is 9.04. The summed E-state index contributed by atoms with van der Waals surface area (Å²) in [4.78, 5) is 6.33. The van der Waals surface area contributed by atoms with Gasteiger partial charge in [0.25, 0.3) is 0 Å². The van der Waals surface area contributed by atoms with E-state index < -0.39 is 0 Å². The quantitative estimate of drug-likeness (QED) is 0.498. The fraction of sp³-hybridized carbons (Fsp3) is 0.583. The van der Waals surface area contributed by atoms with Crippen molar-refractivity contribution in [2.45, 2.75) is 34.6 Å². The van der Waals surface area contributed by atoms with Gasteiger partial charge < -0.3 is 4.90 Å². The molecule has 0 unspecified atom stereocenters. The lowest BCUT2D eigenvalue weighted by atomic mass is 10.3. The average molecular weight is 196 g/mol. The van der Waals surface area contributed by atoms with Crippen molar-refractivity contribution in [3.05, 3.63) is 24.0 Å². The van der Waals surface area contributed by atoms with Gasteiger partial charge in [0.15, 0.2) is 0 Å². The predicted octanol–water partition coefficient (Wildman–Crippen LogP) is 3.47. The zero-order chi connectivity index (χ0) is 11.7. The second-order valence-corrected chi connectivity index (χ2v) is 3.30. The Balaban J connectivity index is 0. The number of hydrogen-bond acceptors (Lipinski definition) is 2. The van der Waals surface area contributed by atoms with Gasteiger partial charge in [-0.2, -0.15) is 0 Å². The van der Waals surface area contributed by atoms with Crippen molar-refractivity contribution >= 4 is 5.71 Å². The van der Waals surface area contributed by atoms with E-state index in [1.165, 1.54) is 0 Å². The van der Waals surface area contributed by atoms with Gasteiger partial charge in [-0.3, -0.25) is 0 Å². The second kappa shape index (κ2) is 8.54. The van der Waals surface area contributed by atoms with Crippen LogP contribution in [-0.2, 0) is 0 Å². The molecule has 0 heterocycles. The van der Waals surface area contributed by atoms with E-state index in [9.17, 15) is 0 Å². The summed E-state index contributed by atoms with van der Waals surface area (Å²) >= 11 is 0. The fourth-order valence-electron chi connectivity index (χ4n) is 0.711. The minimum atomic E-state index is 0.947. The summed E-state index contributed by atoms with van der Waals surface area (Å²) in [6.07, 6.45) is 1.97. The van der Waals surface area contributed by atoms with Crippen molar-refractivity contribution in [2.24, 2.45) is 4.99 Å². The zero-order valence-electron chi connectivity index (χ0n) is 10.7. The number of allylic oxidation sites excluding steroid dienone is 2. The summed E-state index contributed by atoms with van der Waals surface area (Å²) in [5.41, 5.74) is 2.07. The van der Waals surface area contributed by atoms with Crippen LogP contribution >= 0.6 is 0 Å². The average Bonchev–Trinajstić information content (AvgIpc) is 2.05. The molecule has 0 fully saturated rings. The molecule has 0 spiro atoms. The lowest BCUT2D eigenvalue weighted by Gasteiger charge is -2.13. The lowest BCUT2D eigenvalue weighted by Crippen LogP contribution is -2.10. The third-order valence-corrected chi connectivity index (χ3v) is 1.17. The smallest absolute Gasteiger partial charge is 0.128 e. The Morgan fingerprint density at radius 3 is 1.79 bits per heavy atom. The number of rotatable bonds is 3. The molecule has 14 heavy (non-hydrogen) atoms. The maximum Gasteiger partial charge on any atom is 0.128 e. The van der Waals surface area contributed by atoms with Crippen LogP contribution in [0.2, 0.25) is 0 Å². The largest absolute Gasteiger partial charge is 0.363 e. The number of hydrogen-bond donors (Lipinski definition) is 0. The Labute approximate surface area is 89.0 Å². The van der Waals surface area contributed by atoms with Crippen LogP contribution in [0.5, 0.6) is 0 Å². The Kier molecular flexibility index (Phi) is 9.41. The monoisotopic (exact) mass is 196 g/mol. The van der Waals surface area contributed by atoms with Gasteiger partial charge >= 0.3 is 0 Å². The summed E-state index contributed by atoms with van der Waals surface area (Å²) in [7, 11) is 3.95. The molecule has 0 atom stereocenters. The first-order valence-electron chi connectivity index (χ1n) is 5.00. The molecule has 0 aromatic carbocycles. The van der Waals surface area contributed by atoms with Gasteiger partial charge in [0, 0.05) is 19.8 Å². The van der Waals surface area contributed by atoms with E-state index in [1.54, 1.807) is 0 Å². The van der Waals surface area contributed by atoms with Gasteiger partial charge in [0.05, 0.1) is 0 Å². The van der Waals surface area contributed by atoms with E-state index in [2.05, 4.69) is 11.6 Å². The molecule has 2 heteroatoms. The summed E-state index contributed by atoms with van der Waals surface area (Å²) in [6.45, 7) is 13.7. The maximum atomic E-state index is 4.36. The van der Waals surface area contributed by atoms with Crippen LogP contribution in [-0.4, -0.2) is 24.7 Å². The van der Waals surface area contributed by atoms with Crippen LogP contribution in [0.3, 0.4) is 0 Å². The van der Waals surface area contributed by atoms with Crippen molar-refractivity contribution in [3.63, 3.8) is 0 Å². The predicted molar refractivity (Wildman–Crippen MR) is 66.7 cm³/mol. The summed E-state index contributed by atoms with van der Waals surface area (Å²) in [5.74, 6) is 0.947. The van der Waals surface area contributed by atoms with Gasteiger partial charge in [-0.25, -0.2) is 4.99 Å². The van der Waals surface area contributed by atoms with Crippen LogP contribution in [0.15, 0.2) is 29.0 Å². The molecule has 0 amide bonds. The third-order valence-electron chi connectivity index (χ3n) is 1.17. The summed E-state index contributed by atoms with van der Waals surface area (Å²) < 4.78 is 0. The molecule has 0 N–H and O–H groups in total. The van der Waals surface area contributed by atoms with E-state index in [0.29, 0.717) is 0 Å². The highest BCUT2D eigenvalue weighted by Crippen LogP contribution is 2.05. The highest BCUT2D eigenvalue weighted by molar-refractivity contribution is 5.80. The standard InChI is InChI=1S/C10H18N2.C2H6/c1-8(2)7-10(12(5)6)11-9(3)4;1-2/h7H,1H2,2-6H3;1-2H3/b10-7+;. The molecule has 0 aromatic rings. The minimum absolute atomic E-state index is 0.947. The van der Waals surface area contributed by atoms with Crippen LogP contribution in [0, 0.1) is 0 Å². The van der Waals surface area contributed by atoms with Crippen LogP contribution in [0.1, 0.15) is 34.6 Å². The topological polar surface area (TPSA) is 15.6 Å². The Hall–Kier alpha value is -1.05. The van der Waals surface area contributed by atoms with E-state index >= 15 is 0 Å². The van der Waals surface area contributed by atoms with E-state index in [0.717, 1.165) is 17.1 Å². The van der Waals surface area contributed by atoms with Crippen LogP contribution < -0.4 is 0 Å². The van der Waals surface area contributed by atoms with Crippen molar-refractivity contribution < 1.29 is 0 Å². The van der Waals surface area contributed by atoms with Gasteiger partial charge in [0.1, 0.15) is 5.82 Å². The molecule has 2 nitrogen and oxygen atoms in total. The highest BCUT2D eigenvalue weighted by atomic mass is 15.2. The zero-order valence-corrected chi connectivity index (χ0v) is 10.7. The van der Waals surface area contributed by atoms with E-state index in [4.69, 9.17) is 0 Å². The SMILES string of the molecule is C=C(C)/C=C(\N=C(C)C)N(C)C.CC. The number of aliphatic imine (C=N–C) groups is 1. The molecule has 0 radical (unpaired) electrons. The fourth-order valence-corrected chi connectivity index (χ4v) is 0.711. The molecule has 0 rings (SSSR count). The first kappa shape index (κ1) is 15.4. The molecule has 0 aliphatic heterocycles. The molecule has 0 saturated heterocycles. The molecular formula is C12H24N2.